The summed E-state index contributed by atoms with van der Waals surface area (Å²) in [6.45, 7) is 6.60. The van der Waals surface area contributed by atoms with Crippen molar-refractivity contribution in [2.45, 2.75) is 33.4 Å². The van der Waals surface area contributed by atoms with E-state index in [1.54, 1.807) is 12.3 Å². The molecule has 0 radical (unpaired) electrons. The number of nitrogens with one attached hydrogen (secondary N) is 1. The number of rotatable bonds is 4. The van der Waals surface area contributed by atoms with Gasteiger partial charge in [0.05, 0.1) is 18.4 Å². The zero-order valence-corrected chi connectivity index (χ0v) is 11.6. The van der Waals surface area contributed by atoms with Crippen LogP contribution in [0.15, 0.2) is 41.3 Å². The molecule has 0 unspecified atom stereocenters. The minimum Gasteiger partial charge on any atom is -0.381 e. The van der Waals surface area contributed by atoms with Crippen LogP contribution in [0.25, 0.3) is 0 Å². The predicted octanol–water partition coefficient (Wildman–Crippen LogP) is 2.42. The van der Waals surface area contributed by atoms with Gasteiger partial charge in [-0.15, -0.1) is 0 Å². The van der Waals surface area contributed by atoms with Crippen molar-refractivity contribution in [1.29, 1.82) is 0 Å². The van der Waals surface area contributed by atoms with E-state index < -0.39 is 0 Å². The maximum Gasteiger partial charge on any atom is 0.269 e. The molecule has 0 spiro atoms. The molecule has 4 nitrogen and oxygen atoms in total. The maximum absolute atomic E-state index is 12.0. The fraction of sp³-hybridized carbons (Fsp3) is 0.333. The summed E-state index contributed by atoms with van der Waals surface area (Å²) in [5, 5.41) is 7.38. The minimum atomic E-state index is -0.0890. The summed E-state index contributed by atoms with van der Waals surface area (Å²) in [6.07, 6.45) is 1.69. The summed E-state index contributed by atoms with van der Waals surface area (Å²) in [6, 6.07) is 9.89. The second kappa shape index (κ2) is 5.69. The summed E-state index contributed by atoms with van der Waals surface area (Å²) in [7, 11) is 0. The van der Waals surface area contributed by atoms with Gasteiger partial charge in [-0.25, -0.2) is 4.68 Å². The van der Waals surface area contributed by atoms with Crippen LogP contribution in [0.5, 0.6) is 0 Å². The number of nitrogens with zero attached hydrogens (tertiary/aromatic N) is 2. The van der Waals surface area contributed by atoms with E-state index in [0.29, 0.717) is 6.54 Å². The number of benzene rings is 1. The van der Waals surface area contributed by atoms with Gasteiger partial charge in [0, 0.05) is 12.1 Å². The second-order valence-corrected chi connectivity index (χ2v) is 4.97. The molecule has 2 aromatic rings. The summed E-state index contributed by atoms with van der Waals surface area (Å²) in [5.41, 5.74) is 2.96. The van der Waals surface area contributed by atoms with Crippen LogP contribution in [0, 0.1) is 6.92 Å². The molecule has 1 aromatic heterocycles. The van der Waals surface area contributed by atoms with Gasteiger partial charge >= 0.3 is 0 Å². The van der Waals surface area contributed by atoms with Gasteiger partial charge in [0.15, 0.2) is 0 Å². The predicted molar refractivity (Wildman–Crippen MR) is 77.5 cm³/mol. The maximum atomic E-state index is 12.0. The average molecular weight is 257 g/mol. The fourth-order valence-electron chi connectivity index (χ4n) is 1.91. The van der Waals surface area contributed by atoms with Crippen molar-refractivity contribution in [3.63, 3.8) is 0 Å². The van der Waals surface area contributed by atoms with Crippen molar-refractivity contribution in [1.82, 2.24) is 9.78 Å². The van der Waals surface area contributed by atoms with Crippen LogP contribution in [-0.2, 0) is 6.54 Å². The third kappa shape index (κ3) is 3.44. The lowest BCUT2D eigenvalue weighted by molar-refractivity contribution is 0.636. The normalized spacial score (nSPS) is 10.7. The Kier molecular flexibility index (Phi) is 4.00. The molecule has 100 valence electrons. The van der Waals surface area contributed by atoms with Crippen LogP contribution in [0.3, 0.4) is 0 Å². The van der Waals surface area contributed by atoms with Crippen molar-refractivity contribution in [2.75, 3.05) is 5.32 Å². The number of hydrogen-bond acceptors (Lipinski definition) is 3. The highest BCUT2D eigenvalue weighted by Gasteiger charge is 2.04. The molecule has 0 fully saturated rings. The summed E-state index contributed by atoms with van der Waals surface area (Å²) >= 11 is 0. The standard InChI is InChI=1S/C15H19N3O/c1-11(2)17-14-8-15(19)18(16-9-14)10-13-7-5-4-6-12(13)3/h4-9,11,17H,10H2,1-3H3. The van der Waals surface area contributed by atoms with Crippen LogP contribution in [0.2, 0.25) is 0 Å². The first kappa shape index (κ1) is 13.3. The molecule has 0 aliphatic carbocycles. The third-order valence-corrected chi connectivity index (χ3v) is 2.91. The van der Waals surface area contributed by atoms with Gasteiger partial charge in [0.2, 0.25) is 0 Å². The topological polar surface area (TPSA) is 46.9 Å². The zero-order valence-electron chi connectivity index (χ0n) is 11.6. The first-order valence-electron chi connectivity index (χ1n) is 6.44. The molecule has 0 bridgehead atoms. The van der Waals surface area contributed by atoms with Gasteiger partial charge in [-0.3, -0.25) is 4.79 Å². The van der Waals surface area contributed by atoms with Crippen LogP contribution in [0.1, 0.15) is 25.0 Å². The quantitative estimate of drug-likeness (QED) is 0.915. The third-order valence-electron chi connectivity index (χ3n) is 2.91. The fourth-order valence-corrected chi connectivity index (χ4v) is 1.91. The Bertz CT molecular complexity index is 617. The molecule has 1 heterocycles. The Labute approximate surface area is 113 Å². The Morgan fingerprint density at radius 2 is 2.05 bits per heavy atom. The van der Waals surface area contributed by atoms with Gasteiger partial charge in [0.1, 0.15) is 0 Å². The van der Waals surface area contributed by atoms with Crippen molar-refractivity contribution in [3.05, 3.63) is 58.0 Å². The molecular formula is C15H19N3O. The van der Waals surface area contributed by atoms with E-state index in [4.69, 9.17) is 0 Å². The van der Waals surface area contributed by atoms with Gasteiger partial charge < -0.3 is 5.32 Å². The van der Waals surface area contributed by atoms with E-state index in [1.807, 2.05) is 45.0 Å². The molecule has 1 N–H and O–H groups in total. The first-order valence-corrected chi connectivity index (χ1v) is 6.44. The molecule has 0 amide bonds. The zero-order chi connectivity index (χ0) is 13.8. The van der Waals surface area contributed by atoms with E-state index >= 15 is 0 Å². The van der Waals surface area contributed by atoms with E-state index in [0.717, 1.165) is 11.3 Å². The number of aryl methyl sites for hydroxylation is 1. The van der Waals surface area contributed by atoms with E-state index in [9.17, 15) is 4.79 Å². The molecule has 0 atom stereocenters. The number of aromatic nitrogens is 2. The van der Waals surface area contributed by atoms with E-state index in [2.05, 4.69) is 10.4 Å². The van der Waals surface area contributed by atoms with Gasteiger partial charge in [-0.2, -0.15) is 5.10 Å². The van der Waals surface area contributed by atoms with Crippen LogP contribution in [-0.4, -0.2) is 15.8 Å². The summed E-state index contributed by atoms with van der Waals surface area (Å²) < 4.78 is 1.48. The van der Waals surface area contributed by atoms with Crippen LogP contribution in [0.4, 0.5) is 5.69 Å². The molecule has 4 heteroatoms. The Balaban J connectivity index is 2.23. The Morgan fingerprint density at radius 1 is 1.32 bits per heavy atom. The molecule has 2 rings (SSSR count). The highest BCUT2D eigenvalue weighted by Crippen LogP contribution is 2.08. The first-order chi connectivity index (χ1) is 9.06. The highest BCUT2D eigenvalue weighted by molar-refractivity contribution is 5.39. The smallest absolute Gasteiger partial charge is 0.269 e. The molecular weight excluding hydrogens is 238 g/mol. The highest BCUT2D eigenvalue weighted by atomic mass is 16.1. The Morgan fingerprint density at radius 3 is 2.68 bits per heavy atom. The monoisotopic (exact) mass is 257 g/mol. The van der Waals surface area contributed by atoms with Gasteiger partial charge in [-0.05, 0) is 31.9 Å². The molecule has 19 heavy (non-hydrogen) atoms. The number of anilines is 1. The lowest BCUT2D eigenvalue weighted by atomic mass is 10.1. The molecule has 0 saturated heterocycles. The van der Waals surface area contributed by atoms with Crippen molar-refractivity contribution in [2.24, 2.45) is 0 Å². The van der Waals surface area contributed by atoms with Gasteiger partial charge in [-0.1, -0.05) is 24.3 Å². The van der Waals surface area contributed by atoms with E-state index in [-0.39, 0.29) is 11.6 Å². The van der Waals surface area contributed by atoms with Crippen molar-refractivity contribution in [3.8, 4) is 0 Å². The minimum absolute atomic E-state index is 0.0890. The second-order valence-electron chi connectivity index (χ2n) is 4.97. The van der Waals surface area contributed by atoms with Crippen molar-refractivity contribution >= 4 is 5.69 Å². The largest absolute Gasteiger partial charge is 0.381 e. The summed E-state index contributed by atoms with van der Waals surface area (Å²) in [4.78, 5) is 12.0. The lowest BCUT2D eigenvalue weighted by Crippen LogP contribution is -2.24. The number of hydrogen-bond donors (Lipinski definition) is 1. The average Bonchev–Trinajstić information content (AvgIpc) is 2.34. The molecule has 0 aliphatic heterocycles. The Hall–Kier alpha value is -2.10. The van der Waals surface area contributed by atoms with E-state index in [1.165, 1.54) is 10.2 Å². The van der Waals surface area contributed by atoms with Crippen LogP contribution < -0.4 is 10.9 Å². The van der Waals surface area contributed by atoms with Crippen LogP contribution >= 0.6 is 0 Å². The lowest BCUT2D eigenvalue weighted by Gasteiger charge is -2.11. The molecule has 1 aromatic carbocycles. The SMILES string of the molecule is Cc1ccccc1Cn1ncc(NC(C)C)cc1=O. The molecule has 0 saturated carbocycles. The van der Waals surface area contributed by atoms with Gasteiger partial charge in [0.25, 0.3) is 5.56 Å². The summed E-state index contributed by atoms with van der Waals surface area (Å²) in [5.74, 6) is 0. The van der Waals surface area contributed by atoms with Crippen molar-refractivity contribution < 1.29 is 0 Å². The molecule has 0 aliphatic rings.